The lowest BCUT2D eigenvalue weighted by molar-refractivity contribution is 0.0766. The van der Waals surface area contributed by atoms with Gasteiger partial charge in [-0.3, -0.25) is 4.79 Å². The number of hydrogen-bond acceptors (Lipinski definition) is 7. The van der Waals surface area contributed by atoms with Gasteiger partial charge in [0.15, 0.2) is 0 Å². The van der Waals surface area contributed by atoms with Crippen LogP contribution in [0.15, 0.2) is 16.7 Å². The van der Waals surface area contributed by atoms with E-state index >= 15 is 0 Å². The number of rotatable bonds is 4. The van der Waals surface area contributed by atoms with Crippen LogP contribution < -0.4 is 10.6 Å². The van der Waals surface area contributed by atoms with Crippen LogP contribution in [-0.2, 0) is 13.0 Å². The molecule has 1 aliphatic rings. The number of hydrogen-bond donors (Lipinski definition) is 1. The van der Waals surface area contributed by atoms with Crippen LogP contribution in [0.3, 0.4) is 0 Å². The number of amides is 1. The molecule has 0 unspecified atom stereocenters. The highest BCUT2D eigenvalue weighted by Gasteiger charge is 2.23. The summed E-state index contributed by atoms with van der Waals surface area (Å²) in [5.41, 5.74) is 6.10. The molecule has 124 valence electrons. The first-order valence-electron chi connectivity index (χ1n) is 7.85. The van der Waals surface area contributed by atoms with Crippen LogP contribution in [0.1, 0.15) is 35.3 Å². The summed E-state index contributed by atoms with van der Waals surface area (Å²) in [6, 6.07) is 1.73. The Labute approximate surface area is 139 Å². The van der Waals surface area contributed by atoms with Gasteiger partial charge in [0.2, 0.25) is 5.13 Å². The van der Waals surface area contributed by atoms with Crippen molar-refractivity contribution in [3.63, 3.8) is 0 Å². The molecular formula is C15H21N5O2S. The first-order chi connectivity index (χ1) is 11.2. The van der Waals surface area contributed by atoms with Crippen LogP contribution in [0.4, 0.5) is 5.13 Å². The Balaban J connectivity index is 1.64. The molecule has 0 aromatic carbocycles. The molecule has 1 aliphatic heterocycles. The second-order valence-electron chi connectivity index (χ2n) is 5.49. The summed E-state index contributed by atoms with van der Waals surface area (Å²) >= 11 is 1.43. The summed E-state index contributed by atoms with van der Waals surface area (Å²) in [7, 11) is 0. The first-order valence-corrected chi connectivity index (χ1v) is 8.63. The number of nitrogens with two attached hydrogens (primary N) is 1. The van der Waals surface area contributed by atoms with Crippen molar-refractivity contribution in [1.29, 1.82) is 0 Å². The van der Waals surface area contributed by atoms with E-state index in [1.54, 1.807) is 6.07 Å². The first kappa shape index (κ1) is 15.9. The number of nitrogens with zero attached hydrogens (tertiary/aromatic N) is 4. The molecule has 3 heterocycles. The lowest BCUT2D eigenvalue weighted by Crippen LogP contribution is -2.35. The number of aromatic nitrogens is 2. The minimum atomic E-state index is 0.00168. The van der Waals surface area contributed by atoms with Gasteiger partial charge in [-0.1, -0.05) is 6.92 Å². The van der Waals surface area contributed by atoms with Crippen molar-refractivity contribution in [2.75, 3.05) is 31.1 Å². The number of furan rings is 1. The molecule has 1 saturated heterocycles. The van der Waals surface area contributed by atoms with E-state index in [9.17, 15) is 4.79 Å². The SMILES string of the molecule is CCc1nsc(N2CCCN(C(=O)c3coc(CN)c3)CC2)n1. The molecule has 8 heteroatoms. The lowest BCUT2D eigenvalue weighted by Gasteiger charge is -2.20. The standard InChI is InChI=1S/C15H21N5O2S/c1-2-13-17-15(23-18-13)20-5-3-4-19(6-7-20)14(21)11-8-12(9-16)22-10-11/h8,10H,2-7,9,16H2,1H3. The van der Waals surface area contributed by atoms with Crippen molar-refractivity contribution in [1.82, 2.24) is 14.3 Å². The van der Waals surface area contributed by atoms with Crippen LogP contribution in [0.25, 0.3) is 0 Å². The number of carbonyl (C=O) groups excluding carboxylic acids is 1. The topological polar surface area (TPSA) is 88.5 Å². The second kappa shape index (κ2) is 7.10. The van der Waals surface area contributed by atoms with Crippen molar-refractivity contribution in [2.45, 2.75) is 26.3 Å². The molecule has 1 amide bonds. The van der Waals surface area contributed by atoms with Gasteiger partial charge in [0.1, 0.15) is 17.8 Å². The van der Waals surface area contributed by atoms with Crippen molar-refractivity contribution in [3.8, 4) is 0 Å². The molecule has 2 aromatic rings. The summed E-state index contributed by atoms with van der Waals surface area (Å²) in [5, 5.41) is 0.949. The quantitative estimate of drug-likeness (QED) is 0.911. The Morgan fingerprint density at radius 2 is 2.26 bits per heavy atom. The fraction of sp³-hybridized carbons (Fsp3) is 0.533. The molecule has 1 fully saturated rings. The molecule has 0 radical (unpaired) electrons. The van der Waals surface area contributed by atoms with Gasteiger partial charge in [0, 0.05) is 44.1 Å². The van der Waals surface area contributed by atoms with Crippen molar-refractivity contribution < 1.29 is 9.21 Å². The summed E-state index contributed by atoms with van der Waals surface area (Å²) < 4.78 is 9.60. The largest absolute Gasteiger partial charge is 0.467 e. The van der Waals surface area contributed by atoms with Crippen molar-refractivity contribution >= 4 is 22.6 Å². The van der Waals surface area contributed by atoms with Crippen LogP contribution >= 0.6 is 11.5 Å². The third kappa shape index (κ3) is 3.53. The molecule has 0 atom stereocenters. The highest BCUT2D eigenvalue weighted by Crippen LogP contribution is 2.20. The number of carbonyl (C=O) groups is 1. The average Bonchev–Trinajstić information content (AvgIpc) is 3.18. The van der Waals surface area contributed by atoms with E-state index in [2.05, 4.69) is 21.2 Å². The van der Waals surface area contributed by atoms with Gasteiger partial charge in [-0.15, -0.1) is 0 Å². The van der Waals surface area contributed by atoms with Crippen LogP contribution in [-0.4, -0.2) is 46.3 Å². The maximum atomic E-state index is 12.6. The van der Waals surface area contributed by atoms with Crippen molar-refractivity contribution in [3.05, 3.63) is 29.5 Å². The Kier molecular flexibility index (Phi) is 4.92. The molecule has 2 aromatic heterocycles. The smallest absolute Gasteiger partial charge is 0.257 e. The zero-order chi connectivity index (χ0) is 16.2. The fourth-order valence-corrected chi connectivity index (χ4v) is 3.41. The number of aryl methyl sites for hydroxylation is 1. The zero-order valence-corrected chi connectivity index (χ0v) is 14.0. The van der Waals surface area contributed by atoms with Gasteiger partial charge in [0.25, 0.3) is 5.91 Å². The summed E-state index contributed by atoms with van der Waals surface area (Å²) in [6.07, 6.45) is 3.25. The van der Waals surface area contributed by atoms with E-state index in [0.29, 0.717) is 24.4 Å². The van der Waals surface area contributed by atoms with Crippen molar-refractivity contribution in [2.24, 2.45) is 5.73 Å². The molecular weight excluding hydrogens is 314 g/mol. The van der Waals surface area contributed by atoms with E-state index in [1.807, 2.05) is 4.90 Å². The molecule has 0 bridgehead atoms. The zero-order valence-electron chi connectivity index (χ0n) is 13.2. The summed E-state index contributed by atoms with van der Waals surface area (Å²) in [5.74, 6) is 1.52. The highest BCUT2D eigenvalue weighted by atomic mass is 32.1. The van der Waals surface area contributed by atoms with E-state index in [4.69, 9.17) is 10.2 Å². The predicted octanol–water partition coefficient (Wildman–Crippen LogP) is 1.50. The molecule has 0 saturated carbocycles. The van der Waals surface area contributed by atoms with E-state index in [0.717, 1.165) is 43.4 Å². The molecule has 3 rings (SSSR count). The molecule has 2 N–H and O–H groups in total. The second-order valence-corrected chi connectivity index (χ2v) is 6.22. The highest BCUT2D eigenvalue weighted by molar-refractivity contribution is 7.09. The van der Waals surface area contributed by atoms with E-state index in [-0.39, 0.29) is 5.91 Å². The Morgan fingerprint density at radius 3 is 2.96 bits per heavy atom. The summed E-state index contributed by atoms with van der Waals surface area (Å²) in [6.45, 7) is 5.42. The average molecular weight is 335 g/mol. The Bertz CT molecular complexity index is 668. The Hall–Kier alpha value is -1.93. The maximum absolute atomic E-state index is 12.6. The number of anilines is 1. The van der Waals surface area contributed by atoms with E-state index in [1.165, 1.54) is 17.8 Å². The van der Waals surface area contributed by atoms with Gasteiger partial charge in [-0.2, -0.15) is 4.37 Å². The normalized spacial score (nSPS) is 15.7. The molecule has 0 spiro atoms. The molecule has 7 nitrogen and oxygen atoms in total. The molecule has 0 aliphatic carbocycles. The minimum absolute atomic E-state index is 0.00168. The van der Waals surface area contributed by atoms with Crippen LogP contribution in [0, 0.1) is 0 Å². The third-order valence-corrected chi connectivity index (χ3v) is 4.74. The predicted molar refractivity (Wildman–Crippen MR) is 88.6 cm³/mol. The van der Waals surface area contributed by atoms with Gasteiger partial charge >= 0.3 is 0 Å². The third-order valence-electron chi connectivity index (χ3n) is 3.93. The summed E-state index contributed by atoms with van der Waals surface area (Å²) in [4.78, 5) is 21.2. The minimum Gasteiger partial charge on any atom is -0.467 e. The lowest BCUT2D eigenvalue weighted by atomic mass is 10.2. The van der Waals surface area contributed by atoms with Crippen LogP contribution in [0.2, 0.25) is 0 Å². The van der Waals surface area contributed by atoms with Gasteiger partial charge in [0.05, 0.1) is 12.1 Å². The Morgan fingerprint density at radius 1 is 1.39 bits per heavy atom. The monoisotopic (exact) mass is 335 g/mol. The molecule has 23 heavy (non-hydrogen) atoms. The van der Waals surface area contributed by atoms with Gasteiger partial charge in [-0.05, 0) is 12.5 Å². The maximum Gasteiger partial charge on any atom is 0.257 e. The van der Waals surface area contributed by atoms with E-state index < -0.39 is 0 Å². The van der Waals surface area contributed by atoms with Gasteiger partial charge in [-0.25, -0.2) is 4.98 Å². The van der Waals surface area contributed by atoms with Gasteiger partial charge < -0.3 is 20.0 Å². The fourth-order valence-electron chi connectivity index (χ4n) is 2.61. The van der Waals surface area contributed by atoms with Crippen LogP contribution in [0.5, 0.6) is 0 Å².